The van der Waals surface area contributed by atoms with Gasteiger partial charge in [0.2, 0.25) is 0 Å². The molecule has 0 bridgehead atoms. The predicted octanol–water partition coefficient (Wildman–Crippen LogP) is 0.831. The average Bonchev–Trinajstić information content (AvgIpc) is 2.46. The summed E-state index contributed by atoms with van der Waals surface area (Å²) in [6.07, 6.45) is 4.81. The van der Waals surface area contributed by atoms with E-state index >= 15 is 0 Å². The largest absolute Gasteiger partial charge is 0.393 e. The summed E-state index contributed by atoms with van der Waals surface area (Å²) >= 11 is 0. The lowest BCUT2D eigenvalue weighted by Crippen LogP contribution is -2.25. The first-order valence-electron chi connectivity index (χ1n) is 5.08. The Labute approximate surface area is 83.8 Å². The number of aliphatic hydroxyl groups is 1. The van der Waals surface area contributed by atoms with E-state index in [1.54, 1.807) is 28.5 Å². The molecule has 1 heterocycles. The quantitative estimate of drug-likeness (QED) is 0.761. The van der Waals surface area contributed by atoms with E-state index < -0.39 is 0 Å². The summed E-state index contributed by atoms with van der Waals surface area (Å²) in [5.41, 5.74) is 0.0208. The second-order valence-corrected chi connectivity index (χ2v) is 3.61. The molecule has 1 unspecified atom stereocenters. The van der Waals surface area contributed by atoms with Crippen LogP contribution in [0.25, 0.3) is 0 Å². The van der Waals surface area contributed by atoms with E-state index in [1.165, 1.54) is 0 Å². The molecule has 0 saturated heterocycles. The lowest BCUT2D eigenvalue weighted by Gasteiger charge is -2.03. The molecule has 80 valence electrons. The molecule has 0 fully saturated rings. The van der Waals surface area contributed by atoms with Crippen molar-refractivity contribution < 1.29 is 5.11 Å². The first-order valence-corrected chi connectivity index (χ1v) is 5.08. The minimum absolute atomic E-state index is 0.0208. The van der Waals surface area contributed by atoms with Crippen LogP contribution in [0.1, 0.15) is 26.7 Å². The monoisotopic (exact) mass is 198 g/mol. The van der Waals surface area contributed by atoms with Crippen LogP contribution in [-0.4, -0.2) is 20.3 Å². The Morgan fingerprint density at radius 2 is 1.93 bits per heavy atom. The zero-order valence-corrected chi connectivity index (χ0v) is 8.81. The maximum absolute atomic E-state index is 11.6. The molecule has 0 radical (unpaired) electrons. The Kier molecular flexibility index (Phi) is 3.95. The fraction of sp³-hybridized carbons (Fsp3) is 0.700. The van der Waals surface area contributed by atoms with Crippen LogP contribution in [-0.2, 0) is 13.1 Å². The summed E-state index contributed by atoms with van der Waals surface area (Å²) in [5, 5.41) is 9.09. The third kappa shape index (κ3) is 2.73. The number of aliphatic hydroxyl groups excluding tert-OH is 1. The Morgan fingerprint density at radius 3 is 2.43 bits per heavy atom. The molecular formula is C10H18N2O2. The number of hydrogen-bond donors (Lipinski definition) is 1. The molecule has 1 N–H and O–H groups in total. The van der Waals surface area contributed by atoms with Crippen LogP contribution in [0.15, 0.2) is 17.2 Å². The van der Waals surface area contributed by atoms with Crippen LogP contribution < -0.4 is 5.69 Å². The molecule has 0 aliphatic heterocycles. The van der Waals surface area contributed by atoms with Crippen LogP contribution >= 0.6 is 0 Å². The van der Waals surface area contributed by atoms with Crippen molar-refractivity contribution in [3.8, 4) is 0 Å². The number of hydrogen-bond acceptors (Lipinski definition) is 2. The van der Waals surface area contributed by atoms with Gasteiger partial charge in [0, 0.05) is 25.5 Å². The molecular weight excluding hydrogens is 180 g/mol. The summed E-state index contributed by atoms with van der Waals surface area (Å²) in [5.74, 6) is 0. The third-order valence-electron chi connectivity index (χ3n) is 2.17. The molecule has 1 rings (SSSR count). The average molecular weight is 198 g/mol. The van der Waals surface area contributed by atoms with Crippen LogP contribution in [0.2, 0.25) is 0 Å². The van der Waals surface area contributed by atoms with Crippen molar-refractivity contribution in [1.82, 2.24) is 9.13 Å². The smallest absolute Gasteiger partial charge is 0.328 e. The van der Waals surface area contributed by atoms with Crippen molar-refractivity contribution in [2.75, 3.05) is 0 Å². The van der Waals surface area contributed by atoms with E-state index in [0.717, 1.165) is 13.0 Å². The van der Waals surface area contributed by atoms with Crippen molar-refractivity contribution in [2.45, 2.75) is 45.9 Å². The molecule has 0 amide bonds. The van der Waals surface area contributed by atoms with E-state index in [1.807, 2.05) is 6.92 Å². The molecule has 0 aliphatic carbocycles. The molecule has 1 aromatic rings. The van der Waals surface area contributed by atoms with Crippen LogP contribution in [0.4, 0.5) is 0 Å². The van der Waals surface area contributed by atoms with Gasteiger partial charge in [-0.3, -0.25) is 9.13 Å². The molecule has 14 heavy (non-hydrogen) atoms. The fourth-order valence-corrected chi connectivity index (χ4v) is 1.36. The summed E-state index contributed by atoms with van der Waals surface area (Å²) < 4.78 is 3.34. The predicted molar refractivity (Wildman–Crippen MR) is 55.3 cm³/mol. The Hall–Kier alpha value is -1.03. The molecule has 1 aromatic heterocycles. The van der Waals surface area contributed by atoms with Gasteiger partial charge < -0.3 is 5.11 Å². The number of aromatic nitrogens is 2. The Balaban J connectivity index is 2.65. The third-order valence-corrected chi connectivity index (χ3v) is 2.17. The van der Waals surface area contributed by atoms with Crippen molar-refractivity contribution in [3.05, 3.63) is 22.9 Å². The van der Waals surface area contributed by atoms with Gasteiger partial charge in [-0.1, -0.05) is 6.92 Å². The van der Waals surface area contributed by atoms with Gasteiger partial charge in [0.15, 0.2) is 0 Å². The normalized spacial score (nSPS) is 13.1. The highest BCUT2D eigenvalue weighted by Crippen LogP contribution is 1.94. The van der Waals surface area contributed by atoms with E-state index in [-0.39, 0.29) is 11.8 Å². The summed E-state index contributed by atoms with van der Waals surface area (Å²) in [6, 6.07) is 0. The van der Waals surface area contributed by atoms with Gasteiger partial charge in [-0.05, 0) is 19.8 Å². The zero-order chi connectivity index (χ0) is 10.6. The van der Waals surface area contributed by atoms with Crippen molar-refractivity contribution >= 4 is 0 Å². The molecule has 0 spiro atoms. The molecule has 0 saturated carbocycles. The van der Waals surface area contributed by atoms with E-state index in [9.17, 15) is 4.79 Å². The van der Waals surface area contributed by atoms with Gasteiger partial charge in [-0.2, -0.15) is 0 Å². The highest BCUT2D eigenvalue weighted by molar-refractivity contribution is 4.81. The molecule has 4 nitrogen and oxygen atoms in total. The zero-order valence-electron chi connectivity index (χ0n) is 8.81. The van der Waals surface area contributed by atoms with Crippen molar-refractivity contribution in [3.63, 3.8) is 0 Å². The van der Waals surface area contributed by atoms with Crippen molar-refractivity contribution in [1.29, 1.82) is 0 Å². The number of imidazole rings is 1. The van der Waals surface area contributed by atoms with Gasteiger partial charge in [0.25, 0.3) is 0 Å². The number of rotatable bonds is 5. The van der Waals surface area contributed by atoms with Gasteiger partial charge in [0.1, 0.15) is 0 Å². The maximum atomic E-state index is 11.6. The second kappa shape index (κ2) is 5.00. The van der Waals surface area contributed by atoms with Crippen molar-refractivity contribution in [2.24, 2.45) is 0 Å². The van der Waals surface area contributed by atoms with Gasteiger partial charge in [0.05, 0.1) is 6.10 Å². The van der Waals surface area contributed by atoms with Gasteiger partial charge in [-0.15, -0.1) is 0 Å². The number of aryl methyl sites for hydroxylation is 2. The Bertz CT molecular complexity index is 325. The maximum Gasteiger partial charge on any atom is 0.328 e. The highest BCUT2D eigenvalue weighted by atomic mass is 16.3. The molecule has 0 aliphatic rings. The molecule has 1 atom stereocenters. The molecule has 0 aromatic carbocycles. The SMILES string of the molecule is CCCn1ccn(CCC(C)O)c1=O. The van der Waals surface area contributed by atoms with Gasteiger partial charge in [-0.25, -0.2) is 4.79 Å². The van der Waals surface area contributed by atoms with E-state index in [4.69, 9.17) is 5.11 Å². The summed E-state index contributed by atoms with van der Waals surface area (Å²) in [6.45, 7) is 5.13. The minimum Gasteiger partial charge on any atom is -0.393 e. The summed E-state index contributed by atoms with van der Waals surface area (Å²) in [4.78, 5) is 11.6. The fourth-order valence-electron chi connectivity index (χ4n) is 1.36. The standard InChI is InChI=1S/C10H18N2O2/c1-3-5-11-7-8-12(10(11)14)6-4-9(2)13/h7-9,13H,3-6H2,1-2H3. The number of nitrogens with zero attached hydrogens (tertiary/aromatic N) is 2. The lowest BCUT2D eigenvalue weighted by atomic mass is 10.3. The highest BCUT2D eigenvalue weighted by Gasteiger charge is 2.03. The van der Waals surface area contributed by atoms with Crippen LogP contribution in [0, 0.1) is 0 Å². The van der Waals surface area contributed by atoms with Crippen LogP contribution in [0.3, 0.4) is 0 Å². The van der Waals surface area contributed by atoms with Crippen LogP contribution in [0.5, 0.6) is 0 Å². The first-order chi connectivity index (χ1) is 6.65. The van der Waals surface area contributed by atoms with Gasteiger partial charge >= 0.3 is 5.69 Å². The van der Waals surface area contributed by atoms with E-state index in [0.29, 0.717) is 13.0 Å². The second-order valence-electron chi connectivity index (χ2n) is 3.61. The minimum atomic E-state index is -0.351. The molecule has 4 heteroatoms. The lowest BCUT2D eigenvalue weighted by molar-refractivity contribution is 0.177. The summed E-state index contributed by atoms with van der Waals surface area (Å²) in [7, 11) is 0. The Morgan fingerprint density at radius 1 is 1.36 bits per heavy atom. The van der Waals surface area contributed by atoms with E-state index in [2.05, 4.69) is 0 Å². The topological polar surface area (TPSA) is 47.2 Å². The first kappa shape index (κ1) is 11.0.